The number of rotatable bonds is 8. The molecule has 102 valence electrons. The van der Waals surface area contributed by atoms with E-state index in [-0.39, 0.29) is 0 Å². The highest BCUT2D eigenvalue weighted by atomic mass is 15.1. The number of benzene rings is 1. The highest BCUT2D eigenvalue weighted by molar-refractivity contribution is 5.29. The van der Waals surface area contributed by atoms with Crippen LogP contribution in [0, 0.1) is 13.8 Å². The van der Waals surface area contributed by atoms with E-state index in [0.717, 1.165) is 19.5 Å². The number of hydrogen-bond donors (Lipinski definition) is 1. The van der Waals surface area contributed by atoms with Crippen LogP contribution < -0.4 is 5.32 Å². The van der Waals surface area contributed by atoms with Gasteiger partial charge in [-0.1, -0.05) is 18.2 Å². The third kappa shape index (κ3) is 5.65. The minimum Gasteiger partial charge on any atom is -0.320 e. The Morgan fingerprint density at radius 2 is 1.83 bits per heavy atom. The van der Waals surface area contributed by atoms with E-state index in [1.165, 1.54) is 36.1 Å². The van der Waals surface area contributed by atoms with Crippen molar-refractivity contribution in [1.82, 2.24) is 10.2 Å². The van der Waals surface area contributed by atoms with Crippen molar-refractivity contribution in [3.63, 3.8) is 0 Å². The van der Waals surface area contributed by atoms with Crippen LogP contribution in [0.2, 0.25) is 0 Å². The first-order valence-electron chi connectivity index (χ1n) is 7.02. The standard InChI is InChI=1S/C16H28N2/c1-14-7-8-16(13-15(14)2)9-12-18(4)11-6-5-10-17-3/h7-8,13,17H,5-6,9-12H2,1-4H3. The summed E-state index contributed by atoms with van der Waals surface area (Å²) in [5.74, 6) is 0. The molecule has 0 saturated carbocycles. The first kappa shape index (κ1) is 15.2. The lowest BCUT2D eigenvalue weighted by atomic mass is 10.0. The van der Waals surface area contributed by atoms with E-state index in [2.05, 4.69) is 49.3 Å². The molecule has 0 atom stereocenters. The molecule has 1 N–H and O–H groups in total. The maximum Gasteiger partial charge on any atom is 0.00188 e. The smallest absolute Gasteiger partial charge is 0.00188 e. The Morgan fingerprint density at radius 1 is 1.06 bits per heavy atom. The third-order valence-electron chi connectivity index (χ3n) is 3.57. The quantitative estimate of drug-likeness (QED) is 0.712. The number of nitrogens with one attached hydrogen (secondary N) is 1. The fourth-order valence-electron chi connectivity index (χ4n) is 2.07. The Balaban J connectivity index is 2.24. The predicted octanol–water partition coefficient (Wildman–Crippen LogP) is 2.78. The molecular formula is C16H28N2. The summed E-state index contributed by atoms with van der Waals surface area (Å²) in [6.07, 6.45) is 3.71. The maximum absolute atomic E-state index is 3.19. The first-order chi connectivity index (χ1) is 8.63. The van der Waals surface area contributed by atoms with E-state index in [1.54, 1.807) is 0 Å². The van der Waals surface area contributed by atoms with Gasteiger partial charge >= 0.3 is 0 Å². The van der Waals surface area contributed by atoms with Gasteiger partial charge in [0, 0.05) is 6.54 Å². The Bertz CT molecular complexity index is 347. The van der Waals surface area contributed by atoms with Crippen molar-refractivity contribution in [3.05, 3.63) is 34.9 Å². The molecule has 0 spiro atoms. The summed E-state index contributed by atoms with van der Waals surface area (Å²) in [6, 6.07) is 6.82. The number of hydrogen-bond acceptors (Lipinski definition) is 2. The van der Waals surface area contributed by atoms with Crippen LogP contribution in [0.4, 0.5) is 0 Å². The van der Waals surface area contributed by atoms with E-state index in [0.29, 0.717) is 0 Å². The zero-order valence-corrected chi connectivity index (χ0v) is 12.4. The normalized spacial score (nSPS) is 11.2. The fourth-order valence-corrected chi connectivity index (χ4v) is 2.07. The lowest BCUT2D eigenvalue weighted by Gasteiger charge is -2.16. The Hall–Kier alpha value is -0.860. The molecule has 0 unspecified atom stereocenters. The van der Waals surface area contributed by atoms with Crippen LogP contribution in [0.15, 0.2) is 18.2 Å². The zero-order chi connectivity index (χ0) is 13.4. The number of nitrogens with zero attached hydrogens (tertiary/aromatic N) is 1. The van der Waals surface area contributed by atoms with Crippen molar-refractivity contribution >= 4 is 0 Å². The molecule has 0 aliphatic rings. The molecule has 1 rings (SSSR count). The second kappa shape index (κ2) is 8.28. The third-order valence-corrected chi connectivity index (χ3v) is 3.57. The van der Waals surface area contributed by atoms with E-state index in [4.69, 9.17) is 0 Å². The molecule has 0 aliphatic heterocycles. The molecule has 0 fully saturated rings. The molecule has 1 aromatic carbocycles. The van der Waals surface area contributed by atoms with Gasteiger partial charge in [0.15, 0.2) is 0 Å². The van der Waals surface area contributed by atoms with Crippen molar-refractivity contribution in [2.24, 2.45) is 0 Å². The molecule has 0 radical (unpaired) electrons. The molecular weight excluding hydrogens is 220 g/mol. The summed E-state index contributed by atoms with van der Waals surface area (Å²) in [7, 11) is 4.24. The molecule has 2 heteroatoms. The topological polar surface area (TPSA) is 15.3 Å². The molecule has 0 aliphatic carbocycles. The Labute approximate surface area is 112 Å². The molecule has 0 aromatic heterocycles. The van der Waals surface area contributed by atoms with Gasteiger partial charge in [-0.15, -0.1) is 0 Å². The van der Waals surface area contributed by atoms with Crippen LogP contribution in [-0.2, 0) is 6.42 Å². The van der Waals surface area contributed by atoms with Crippen molar-refractivity contribution in [2.45, 2.75) is 33.1 Å². The zero-order valence-electron chi connectivity index (χ0n) is 12.4. The fraction of sp³-hybridized carbons (Fsp3) is 0.625. The van der Waals surface area contributed by atoms with Gasteiger partial charge in [0.1, 0.15) is 0 Å². The first-order valence-corrected chi connectivity index (χ1v) is 7.02. The predicted molar refractivity (Wildman–Crippen MR) is 80.3 cm³/mol. The molecule has 0 bridgehead atoms. The Morgan fingerprint density at radius 3 is 2.50 bits per heavy atom. The van der Waals surface area contributed by atoms with Gasteiger partial charge in [-0.05, 0) is 77.0 Å². The molecule has 0 saturated heterocycles. The van der Waals surface area contributed by atoms with Gasteiger partial charge in [-0.2, -0.15) is 0 Å². The molecule has 18 heavy (non-hydrogen) atoms. The van der Waals surface area contributed by atoms with Gasteiger partial charge in [-0.25, -0.2) is 0 Å². The van der Waals surface area contributed by atoms with Gasteiger partial charge in [0.2, 0.25) is 0 Å². The van der Waals surface area contributed by atoms with Crippen LogP contribution >= 0.6 is 0 Å². The van der Waals surface area contributed by atoms with Crippen LogP contribution in [0.5, 0.6) is 0 Å². The van der Waals surface area contributed by atoms with Gasteiger partial charge < -0.3 is 10.2 Å². The maximum atomic E-state index is 3.19. The van der Waals surface area contributed by atoms with Crippen LogP contribution in [-0.4, -0.2) is 38.6 Å². The molecule has 1 aromatic rings. The van der Waals surface area contributed by atoms with E-state index < -0.39 is 0 Å². The van der Waals surface area contributed by atoms with Gasteiger partial charge in [0.05, 0.1) is 0 Å². The van der Waals surface area contributed by atoms with Crippen molar-refractivity contribution in [2.75, 3.05) is 33.7 Å². The summed E-state index contributed by atoms with van der Waals surface area (Å²) >= 11 is 0. The summed E-state index contributed by atoms with van der Waals surface area (Å²) in [6.45, 7) is 7.85. The number of aryl methyl sites for hydroxylation is 2. The number of likely N-dealkylation sites (N-methyl/N-ethyl adjacent to an activating group) is 1. The van der Waals surface area contributed by atoms with E-state index >= 15 is 0 Å². The van der Waals surface area contributed by atoms with Crippen molar-refractivity contribution in [1.29, 1.82) is 0 Å². The van der Waals surface area contributed by atoms with Crippen LogP contribution in [0.1, 0.15) is 29.5 Å². The molecule has 0 amide bonds. The summed E-state index contributed by atoms with van der Waals surface area (Å²) in [5, 5.41) is 3.19. The van der Waals surface area contributed by atoms with Crippen LogP contribution in [0.3, 0.4) is 0 Å². The highest BCUT2D eigenvalue weighted by Gasteiger charge is 2.01. The van der Waals surface area contributed by atoms with Gasteiger partial charge in [-0.3, -0.25) is 0 Å². The van der Waals surface area contributed by atoms with Crippen molar-refractivity contribution in [3.8, 4) is 0 Å². The SMILES string of the molecule is CNCCCCN(C)CCc1ccc(C)c(C)c1. The minimum absolute atomic E-state index is 1.13. The second-order valence-corrected chi connectivity index (χ2v) is 5.28. The largest absolute Gasteiger partial charge is 0.320 e. The lowest BCUT2D eigenvalue weighted by molar-refractivity contribution is 0.329. The van der Waals surface area contributed by atoms with Crippen LogP contribution in [0.25, 0.3) is 0 Å². The Kier molecular flexibility index (Phi) is 6.99. The summed E-state index contributed by atoms with van der Waals surface area (Å²) in [5.41, 5.74) is 4.25. The molecule has 0 heterocycles. The minimum atomic E-state index is 1.13. The second-order valence-electron chi connectivity index (χ2n) is 5.28. The highest BCUT2D eigenvalue weighted by Crippen LogP contribution is 2.10. The van der Waals surface area contributed by atoms with Gasteiger partial charge in [0.25, 0.3) is 0 Å². The average molecular weight is 248 g/mol. The summed E-state index contributed by atoms with van der Waals surface area (Å²) in [4.78, 5) is 2.44. The number of unbranched alkanes of at least 4 members (excludes halogenated alkanes) is 1. The van der Waals surface area contributed by atoms with Crippen molar-refractivity contribution < 1.29 is 0 Å². The average Bonchev–Trinajstić information content (AvgIpc) is 2.36. The monoisotopic (exact) mass is 248 g/mol. The lowest BCUT2D eigenvalue weighted by Crippen LogP contribution is -2.23. The molecule has 2 nitrogen and oxygen atoms in total. The van der Waals surface area contributed by atoms with E-state index in [1.807, 2.05) is 7.05 Å². The summed E-state index contributed by atoms with van der Waals surface area (Å²) < 4.78 is 0. The van der Waals surface area contributed by atoms with E-state index in [9.17, 15) is 0 Å².